The lowest BCUT2D eigenvalue weighted by Crippen LogP contribution is -1.86. The van der Waals surface area contributed by atoms with E-state index in [1.807, 2.05) is 32.3 Å². The maximum Gasteiger partial charge on any atom is 0.0303 e. The Bertz CT molecular complexity index is 231. The maximum atomic E-state index is 4.04. The molecule has 1 nitrogen and oxygen atoms in total. The Morgan fingerprint density at radius 2 is 1.80 bits per heavy atom. The standard InChI is InChI=1S/C9H11N/c1-4-9-7(2)5-10-6-8(9)3/h4-6H,1H2,2-3H3. The molecule has 0 amide bonds. The van der Waals surface area contributed by atoms with Gasteiger partial charge >= 0.3 is 0 Å². The minimum atomic E-state index is 1.19. The fourth-order valence-electron chi connectivity index (χ4n) is 1.03. The van der Waals surface area contributed by atoms with Crippen LogP contribution in [0.2, 0.25) is 0 Å². The molecule has 0 aliphatic carbocycles. The molecule has 0 unspecified atom stereocenters. The summed E-state index contributed by atoms with van der Waals surface area (Å²) in [7, 11) is 0. The predicted octanol–water partition coefficient (Wildman–Crippen LogP) is 2.34. The van der Waals surface area contributed by atoms with Gasteiger partial charge in [0.05, 0.1) is 0 Å². The summed E-state index contributed by atoms with van der Waals surface area (Å²) in [4.78, 5) is 4.04. The molecule has 0 spiro atoms. The van der Waals surface area contributed by atoms with Crippen LogP contribution in [0.3, 0.4) is 0 Å². The third-order valence-electron chi connectivity index (χ3n) is 1.59. The minimum absolute atomic E-state index is 1.19. The highest BCUT2D eigenvalue weighted by molar-refractivity contribution is 5.54. The van der Waals surface area contributed by atoms with Crippen LogP contribution in [-0.4, -0.2) is 4.98 Å². The van der Waals surface area contributed by atoms with Crippen molar-refractivity contribution in [1.82, 2.24) is 4.98 Å². The summed E-state index contributed by atoms with van der Waals surface area (Å²) in [5.41, 5.74) is 3.58. The molecule has 1 aromatic rings. The average molecular weight is 133 g/mol. The summed E-state index contributed by atoms with van der Waals surface area (Å²) in [5, 5.41) is 0. The normalized spacial score (nSPS) is 9.40. The van der Waals surface area contributed by atoms with E-state index in [0.717, 1.165) is 0 Å². The second kappa shape index (κ2) is 2.65. The van der Waals surface area contributed by atoms with Gasteiger partial charge in [0, 0.05) is 12.4 Å². The Labute approximate surface area is 61.4 Å². The smallest absolute Gasteiger partial charge is 0.0303 e. The second-order valence-corrected chi connectivity index (χ2v) is 2.39. The molecule has 0 radical (unpaired) electrons. The van der Waals surface area contributed by atoms with Gasteiger partial charge < -0.3 is 0 Å². The molecule has 0 aliphatic rings. The van der Waals surface area contributed by atoms with Crippen LogP contribution in [0.25, 0.3) is 6.08 Å². The predicted molar refractivity (Wildman–Crippen MR) is 43.8 cm³/mol. The Kier molecular flexibility index (Phi) is 1.86. The van der Waals surface area contributed by atoms with Crippen LogP contribution < -0.4 is 0 Å². The highest BCUT2D eigenvalue weighted by Crippen LogP contribution is 2.11. The van der Waals surface area contributed by atoms with Crippen LogP contribution in [-0.2, 0) is 0 Å². The number of pyridine rings is 1. The zero-order chi connectivity index (χ0) is 7.56. The van der Waals surface area contributed by atoms with E-state index in [1.165, 1.54) is 16.7 Å². The topological polar surface area (TPSA) is 12.9 Å². The molecule has 10 heavy (non-hydrogen) atoms. The van der Waals surface area contributed by atoms with Crippen LogP contribution in [0, 0.1) is 13.8 Å². The molecule has 1 heteroatoms. The Balaban J connectivity index is 3.30. The number of aromatic nitrogens is 1. The zero-order valence-electron chi connectivity index (χ0n) is 6.39. The van der Waals surface area contributed by atoms with Crippen LogP contribution in [0.5, 0.6) is 0 Å². The summed E-state index contributed by atoms with van der Waals surface area (Å²) >= 11 is 0. The quantitative estimate of drug-likeness (QED) is 0.573. The lowest BCUT2D eigenvalue weighted by atomic mass is 10.1. The third-order valence-corrected chi connectivity index (χ3v) is 1.59. The Morgan fingerprint density at radius 3 is 2.10 bits per heavy atom. The van der Waals surface area contributed by atoms with E-state index < -0.39 is 0 Å². The van der Waals surface area contributed by atoms with E-state index in [0.29, 0.717) is 0 Å². The molecule has 0 saturated heterocycles. The van der Waals surface area contributed by atoms with Crippen molar-refractivity contribution in [2.45, 2.75) is 13.8 Å². The maximum absolute atomic E-state index is 4.04. The third kappa shape index (κ3) is 1.08. The van der Waals surface area contributed by atoms with Crippen LogP contribution >= 0.6 is 0 Å². The first-order valence-electron chi connectivity index (χ1n) is 3.29. The zero-order valence-corrected chi connectivity index (χ0v) is 6.39. The van der Waals surface area contributed by atoms with Crippen molar-refractivity contribution in [3.05, 3.63) is 35.7 Å². The van der Waals surface area contributed by atoms with E-state index in [1.54, 1.807) is 0 Å². The molecule has 0 atom stereocenters. The lowest BCUT2D eigenvalue weighted by molar-refractivity contribution is 1.21. The van der Waals surface area contributed by atoms with E-state index in [4.69, 9.17) is 0 Å². The SMILES string of the molecule is C=Cc1c(C)cncc1C. The molecule has 52 valence electrons. The number of rotatable bonds is 1. The van der Waals surface area contributed by atoms with Gasteiger partial charge in [-0.2, -0.15) is 0 Å². The van der Waals surface area contributed by atoms with Crippen molar-refractivity contribution in [2.75, 3.05) is 0 Å². The van der Waals surface area contributed by atoms with Gasteiger partial charge in [-0.05, 0) is 30.5 Å². The molecule has 0 fully saturated rings. The molecule has 0 N–H and O–H groups in total. The van der Waals surface area contributed by atoms with Crippen LogP contribution in [0.15, 0.2) is 19.0 Å². The molecular formula is C9H11N. The average Bonchev–Trinajstić information content (AvgIpc) is 1.88. The molecule has 1 rings (SSSR count). The fourth-order valence-corrected chi connectivity index (χ4v) is 1.03. The summed E-state index contributed by atoms with van der Waals surface area (Å²) in [6.07, 6.45) is 5.57. The van der Waals surface area contributed by atoms with Crippen molar-refractivity contribution in [2.24, 2.45) is 0 Å². The van der Waals surface area contributed by atoms with Crippen molar-refractivity contribution < 1.29 is 0 Å². The molecule has 0 saturated carbocycles. The fraction of sp³-hybridized carbons (Fsp3) is 0.222. The van der Waals surface area contributed by atoms with E-state index >= 15 is 0 Å². The highest BCUT2D eigenvalue weighted by Gasteiger charge is 1.95. The first-order valence-corrected chi connectivity index (χ1v) is 3.29. The Hall–Kier alpha value is -1.11. The summed E-state index contributed by atoms with van der Waals surface area (Å²) in [5.74, 6) is 0. The van der Waals surface area contributed by atoms with Crippen molar-refractivity contribution >= 4 is 6.08 Å². The van der Waals surface area contributed by atoms with Crippen LogP contribution in [0.4, 0.5) is 0 Å². The number of nitrogens with zero attached hydrogens (tertiary/aromatic N) is 1. The first-order chi connectivity index (χ1) is 4.75. The van der Waals surface area contributed by atoms with Gasteiger partial charge in [-0.3, -0.25) is 4.98 Å². The molecule has 0 aromatic carbocycles. The number of hydrogen-bond acceptors (Lipinski definition) is 1. The second-order valence-electron chi connectivity index (χ2n) is 2.39. The number of aryl methyl sites for hydroxylation is 2. The lowest BCUT2D eigenvalue weighted by Gasteiger charge is -2.01. The first kappa shape index (κ1) is 7.00. The van der Waals surface area contributed by atoms with Gasteiger partial charge in [0.1, 0.15) is 0 Å². The monoisotopic (exact) mass is 133 g/mol. The van der Waals surface area contributed by atoms with Gasteiger partial charge in [-0.1, -0.05) is 12.7 Å². The van der Waals surface area contributed by atoms with Gasteiger partial charge in [0.2, 0.25) is 0 Å². The van der Waals surface area contributed by atoms with E-state index in [-0.39, 0.29) is 0 Å². The van der Waals surface area contributed by atoms with E-state index in [2.05, 4.69) is 11.6 Å². The van der Waals surface area contributed by atoms with E-state index in [9.17, 15) is 0 Å². The Morgan fingerprint density at radius 1 is 1.30 bits per heavy atom. The van der Waals surface area contributed by atoms with Gasteiger partial charge in [-0.15, -0.1) is 0 Å². The summed E-state index contributed by atoms with van der Waals surface area (Å²) in [6.45, 7) is 7.80. The molecular weight excluding hydrogens is 122 g/mol. The molecule has 0 aliphatic heterocycles. The van der Waals surface area contributed by atoms with Crippen molar-refractivity contribution in [3.8, 4) is 0 Å². The molecule has 1 heterocycles. The largest absolute Gasteiger partial charge is 0.264 e. The van der Waals surface area contributed by atoms with Crippen molar-refractivity contribution in [1.29, 1.82) is 0 Å². The minimum Gasteiger partial charge on any atom is -0.264 e. The molecule has 0 bridgehead atoms. The summed E-state index contributed by atoms with van der Waals surface area (Å²) in [6, 6.07) is 0. The molecule has 1 aromatic heterocycles. The van der Waals surface area contributed by atoms with Gasteiger partial charge in [0.25, 0.3) is 0 Å². The van der Waals surface area contributed by atoms with Gasteiger partial charge in [0.15, 0.2) is 0 Å². The van der Waals surface area contributed by atoms with Crippen LogP contribution in [0.1, 0.15) is 16.7 Å². The summed E-state index contributed by atoms with van der Waals surface area (Å²) < 4.78 is 0. The number of hydrogen-bond donors (Lipinski definition) is 0. The highest BCUT2D eigenvalue weighted by atomic mass is 14.6. The van der Waals surface area contributed by atoms with Crippen molar-refractivity contribution in [3.63, 3.8) is 0 Å². The van der Waals surface area contributed by atoms with Gasteiger partial charge in [-0.25, -0.2) is 0 Å².